The van der Waals surface area contributed by atoms with Crippen LogP contribution in [0.2, 0.25) is 0 Å². The van der Waals surface area contributed by atoms with Crippen LogP contribution in [0, 0.1) is 17.0 Å². The van der Waals surface area contributed by atoms with E-state index in [9.17, 15) is 19.7 Å². The Kier molecular flexibility index (Phi) is 3.48. The molecule has 0 saturated heterocycles. The van der Waals surface area contributed by atoms with E-state index in [4.69, 9.17) is 0 Å². The molecule has 1 aromatic heterocycles. The van der Waals surface area contributed by atoms with Crippen molar-refractivity contribution in [3.05, 3.63) is 40.2 Å². The van der Waals surface area contributed by atoms with Crippen molar-refractivity contribution < 1.29 is 14.5 Å². The summed E-state index contributed by atoms with van der Waals surface area (Å²) >= 11 is 0. The first-order valence-electron chi connectivity index (χ1n) is 6.71. The Morgan fingerprint density at radius 2 is 2.30 bits per heavy atom. The van der Waals surface area contributed by atoms with Gasteiger partial charge in [0.15, 0.2) is 0 Å². The van der Waals surface area contributed by atoms with Crippen molar-refractivity contribution in [2.24, 2.45) is 0 Å². The molecule has 2 amide bonds. The average Bonchev–Trinajstić information content (AvgIpc) is 2.96. The summed E-state index contributed by atoms with van der Waals surface area (Å²) < 4.78 is 1.30. The van der Waals surface area contributed by atoms with Crippen LogP contribution in [0.25, 0.3) is 0 Å². The highest BCUT2D eigenvalue weighted by Crippen LogP contribution is 2.25. The van der Waals surface area contributed by atoms with Gasteiger partial charge in [-0.1, -0.05) is 6.07 Å². The van der Waals surface area contributed by atoms with E-state index in [-0.39, 0.29) is 29.7 Å². The first-order chi connectivity index (χ1) is 11.0. The number of aryl methyl sites for hydroxylation is 1. The lowest BCUT2D eigenvalue weighted by Crippen LogP contribution is -2.36. The molecule has 10 heteroatoms. The first-order valence-corrected chi connectivity index (χ1v) is 6.71. The lowest BCUT2D eigenvalue weighted by atomic mass is 10.1. The van der Waals surface area contributed by atoms with Gasteiger partial charge >= 0.3 is 0 Å². The number of nitrogens with zero attached hydrogens (tertiary/aromatic N) is 4. The summed E-state index contributed by atoms with van der Waals surface area (Å²) in [6, 6.07) is 3.52. The van der Waals surface area contributed by atoms with Gasteiger partial charge in [-0.3, -0.25) is 25.0 Å². The Balaban J connectivity index is 1.85. The predicted molar refractivity (Wildman–Crippen MR) is 78.8 cm³/mol. The second kappa shape index (κ2) is 5.48. The van der Waals surface area contributed by atoms with E-state index < -0.39 is 16.9 Å². The first kappa shape index (κ1) is 14.6. The number of benzene rings is 1. The van der Waals surface area contributed by atoms with Crippen LogP contribution in [0.15, 0.2) is 24.5 Å². The topological polar surface area (TPSA) is 132 Å². The summed E-state index contributed by atoms with van der Waals surface area (Å²) in [5.41, 5.74) is 0.675. The summed E-state index contributed by atoms with van der Waals surface area (Å²) in [6.07, 6.45) is 1.15. The Morgan fingerprint density at radius 1 is 1.52 bits per heavy atom. The van der Waals surface area contributed by atoms with Gasteiger partial charge in [0.2, 0.25) is 17.8 Å². The van der Waals surface area contributed by atoms with Crippen LogP contribution < -0.4 is 10.6 Å². The van der Waals surface area contributed by atoms with Crippen molar-refractivity contribution >= 4 is 29.1 Å². The third-order valence-electron chi connectivity index (χ3n) is 3.47. The van der Waals surface area contributed by atoms with Crippen LogP contribution in [-0.2, 0) is 9.59 Å². The maximum Gasteiger partial charge on any atom is 0.274 e. The summed E-state index contributed by atoms with van der Waals surface area (Å²) in [5, 5.41) is 19.9. The van der Waals surface area contributed by atoms with Crippen LogP contribution in [0.5, 0.6) is 0 Å². The molecule has 0 spiro atoms. The zero-order valence-electron chi connectivity index (χ0n) is 12.0. The van der Waals surface area contributed by atoms with Gasteiger partial charge in [0, 0.05) is 17.3 Å². The molecule has 10 nitrogen and oxygen atoms in total. The van der Waals surface area contributed by atoms with Gasteiger partial charge in [-0.2, -0.15) is 10.1 Å². The largest absolute Gasteiger partial charge is 0.324 e. The second-order valence-corrected chi connectivity index (χ2v) is 5.04. The van der Waals surface area contributed by atoms with Gasteiger partial charge in [-0.15, -0.1) is 0 Å². The molecule has 0 bridgehead atoms. The molecule has 1 aromatic carbocycles. The SMILES string of the molecule is Cc1ccc(NC(=O)[C@H]2CC(=O)Nc3ncnn32)cc1[N+](=O)[O-]. The number of amides is 2. The monoisotopic (exact) mass is 316 g/mol. The zero-order chi connectivity index (χ0) is 16.6. The number of aromatic nitrogens is 3. The van der Waals surface area contributed by atoms with Gasteiger partial charge < -0.3 is 5.32 Å². The minimum Gasteiger partial charge on any atom is -0.324 e. The van der Waals surface area contributed by atoms with E-state index in [1.165, 1.54) is 17.1 Å². The fourth-order valence-corrected chi connectivity index (χ4v) is 2.32. The number of nitro groups is 1. The fourth-order valence-electron chi connectivity index (χ4n) is 2.32. The number of anilines is 2. The molecule has 3 rings (SSSR count). The normalized spacial score (nSPS) is 16.4. The van der Waals surface area contributed by atoms with Gasteiger partial charge in [-0.05, 0) is 13.0 Å². The lowest BCUT2D eigenvalue weighted by Gasteiger charge is -2.22. The molecule has 118 valence electrons. The highest BCUT2D eigenvalue weighted by molar-refractivity contribution is 6.00. The minimum atomic E-state index is -0.860. The number of hydrogen-bond acceptors (Lipinski definition) is 6. The number of hydrogen-bond donors (Lipinski definition) is 2. The van der Waals surface area contributed by atoms with Crippen molar-refractivity contribution in [1.82, 2.24) is 14.8 Å². The van der Waals surface area contributed by atoms with Crippen molar-refractivity contribution in [2.45, 2.75) is 19.4 Å². The maximum atomic E-state index is 12.4. The molecule has 23 heavy (non-hydrogen) atoms. The molecule has 2 aromatic rings. The molecule has 2 heterocycles. The molecule has 0 unspecified atom stereocenters. The molecule has 1 aliphatic heterocycles. The van der Waals surface area contributed by atoms with Crippen molar-refractivity contribution in [3.8, 4) is 0 Å². The minimum absolute atomic E-state index is 0.0872. The molecular formula is C13H12N6O4. The van der Waals surface area contributed by atoms with Gasteiger partial charge in [0.25, 0.3) is 5.69 Å². The zero-order valence-corrected chi connectivity index (χ0v) is 12.0. The number of fused-ring (bicyclic) bond motifs is 1. The van der Waals surface area contributed by atoms with Gasteiger partial charge in [-0.25, -0.2) is 4.68 Å². The molecule has 0 aliphatic carbocycles. The standard InChI is InChI=1S/C13H12N6O4/c1-7-2-3-8(4-9(7)19(22)23)16-12(21)10-5-11(20)17-13-14-6-15-18(10)13/h2-4,6,10H,5H2,1H3,(H,16,21)(H,14,15,17,20)/t10-/m1/s1. The van der Waals surface area contributed by atoms with E-state index in [1.807, 2.05) is 0 Å². The Morgan fingerprint density at radius 3 is 3.04 bits per heavy atom. The number of carbonyl (C=O) groups excluding carboxylic acids is 2. The van der Waals surface area contributed by atoms with E-state index in [1.54, 1.807) is 19.1 Å². The number of rotatable bonds is 3. The predicted octanol–water partition coefficient (Wildman–Crippen LogP) is 1.02. The van der Waals surface area contributed by atoms with E-state index in [0.717, 1.165) is 0 Å². The summed E-state index contributed by atoms with van der Waals surface area (Å²) in [6.45, 7) is 1.61. The van der Waals surface area contributed by atoms with E-state index in [2.05, 4.69) is 20.7 Å². The van der Waals surface area contributed by atoms with E-state index in [0.29, 0.717) is 5.56 Å². The molecule has 1 atom stereocenters. The van der Waals surface area contributed by atoms with Crippen LogP contribution in [0.3, 0.4) is 0 Å². The Bertz CT molecular complexity index is 815. The highest BCUT2D eigenvalue weighted by atomic mass is 16.6. The van der Waals surface area contributed by atoms with Crippen molar-refractivity contribution in [1.29, 1.82) is 0 Å². The molecule has 0 saturated carbocycles. The van der Waals surface area contributed by atoms with Crippen LogP contribution in [0.4, 0.5) is 17.3 Å². The average molecular weight is 316 g/mol. The van der Waals surface area contributed by atoms with E-state index >= 15 is 0 Å². The smallest absolute Gasteiger partial charge is 0.274 e. The Labute approximate surface area is 129 Å². The molecular weight excluding hydrogens is 304 g/mol. The molecule has 0 radical (unpaired) electrons. The third kappa shape index (κ3) is 2.73. The van der Waals surface area contributed by atoms with Gasteiger partial charge in [0.05, 0.1) is 11.3 Å². The van der Waals surface area contributed by atoms with Crippen LogP contribution in [-0.4, -0.2) is 31.5 Å². The quantitative estimate of drug-likeness (QED) is 0.641. The molecule has 1 aliphatic rings. The maximum absolute atomic E-state index is 12.4. The third-order valence-corrected chi connectivity index (χ3v) is 3.47. The number of nitrogens with one attached hydrogen (secondary N) is 2. The number of carbonyl (C=O) groups is 2. The van der Waals surface area contributed by atoms with Crippen LogP contribution >= 0.6 is 0 Å². The van der Waals surface area contributed by atoms with Crippen LogP contribution in [0.1, 0.15) is 18.0 Å². The summed E-state index contributed by atoms with van der Waals surface area (Å²) in [4.78, 5) is 38.3. The summed E-state index contributed by atoms with van der Waals surface area (Å²) in [5.74, 6) is -0.651. The number of nitro benzene ring substituents is 1. The van der Waals surface area contributed by atoms with Crippen molar-refractivity contribution in [2.75, 3.05) is 10.6 Å². The highest BCUT2D eigenvalue weighted by Gasteiger charge is 2.32. The van der Waals surface area contributed by atoms with Crippen molar-refractivity contribution in [3.63, 3.8) is 0 Å². The molecule has 0 fully saturated rings. The fraction of sp³-hybridized carbons (Fsp3) is 0.231. The second-order valence-electron chi connectivity index (χ2n) is 5.04. The summed E-state index contributed by atoms with van der Waals surface area (Å²) in [7, 11) is 0. The lowest BCUT2D eigenvalue weighted by molar-refractivity contribution is -0.385. The van der Waals surface area contributed by atoms with Gasteiger partial charge in [0.1, 0.15) is 12.4 Å². The molecule has 2 N–H and O–H groups in total. The Hall–Kier alpha value is -3.30.